The first-order chi connectivity index (χ1) is 20.4. The van der Waals surface area contributed by atoms with Crippen LogP contribution in [-0.2, 0) is 19.1 Å². The van der Waals surface area contributed by atoms with Crippen molar-refractivity contribution < 1.29 is 24.2 Å². The highest BCUT2D eigenvalue weighted by molar-refractivity contribution is 5.97. The van der Waals surface area contributed by atoms with Crippen LogP contribution in [-0.4, -0.2) is 28.9 Å². The van der Waals surface area contributed by atoms with Crippen LogP contribution in [0, 0.1) is 50.2 Å². The number of aromatic hydroxyl groups is 1. The predicted molar refractivity (Wildman–Crippen MR) is 172 cm³/mol. The zero-order valence-electron chi connectivity index (χ0n) is 28.1. The van der Waals surface area contributed by atoms with Gasteiger partial charge in [0, 0.05) is 23.7 Å². The summed E-state index contributed by atoms with van der Waals surface area (Å²) in [5, 5.41) is 13.4. The summed E-state index contributed by atoms with van der Waals surface area (Å²) in [5.41, 5.74) is 0.482. The molecule has 5 aliphatic rings. The van der Waals surface area contributed by atoms with Crippen molar-refractivity contribution in [2.24, 2.45) is 50.2 Å². The number of allylic oxidation sites excluding steroid dienone is 2. The van der Waals surface area contributed by atoms with Gasteiger partial charge in [-0.25, -0.2) is 0 Å². The zero-order valence-corrected chi connectivity index (χ0v) is 28.1. The summed E-state index contributed by atoms with van der Waals surface area (Å²) >= 11 is 0. The average Bonchev–Trinajstić information content (AvgIpc) is 2.93. The van der Waals surface area contributed by atoms with Gasteiger partial charge < -0.3 is 15.2 Å². The molecule has 1 amide bonds. The molecule has 240 valence electrons. The monoisotopic (exact) mass is 603 g/mol. The van der Waals surface area contributed by atoms with Gasteiger partial charge in [0.2, 0.25) is 5.91 Å². The third-order valence-electron chi connectivity index (χ3n) is 14.5. The molecule has 0 aliphatic heterocycles. The number of phenolic OH excluding ortho intramolecular Hbond substituents is 1. The van der Waals surface area contributed by atoms with E-state index in [1.165, 1.54) is 12.5 Å². The van der Waals surface area contributed by atoms with Crippen molar-refractivity contribution in [3.05, 3.63) is 35.9 Å². The second-order valence-electron chi connectivity index (χ2n) is 17.2. The van der Waals surface area contributed by atoms with Crippen molar-refractivity contribution in [3.63, 3.8) is 0 Å². The average molecular weight is 604 g/mol. The molecule has 1 aromatic carbocycles. The summed E-state index contributed by atoms with van der Waals surface area (Å²) in [7, 11) is 0. The van der Waals surface area contributed by atoms with E-state index in [2.05, 4.69) is 59.9 Å². The van der Waals surface area contributed by atoms with Crippen molar-refractivity contribution in [2.75, 3.05) is 5.32 Å². The van der Waals surface area contributed by atoms with Crippen molar-refractivity contribution in [1.82, 2.24) is 0 Å². The first-order valence-electron chi connectivity index (χ1n) is 16.9. The summed E-state index contributed by atoms with van der Waals surface area (Å²) < 4.78 is 5.86. The number of amides is 1. The Morgan fingerprint density at radius 3 is 2.27 bits per heavy atom. The van der Waals surface area contributed by atoms with E-state index in [9.17, 15) is 19.5 Å². The molecule has 6 nitrogen and oxygen atoms in total. The molecule has 2 N–H and O–H groups in total. The zero-order chi connectivity index (χ0) is 32.1. The Labute approximate surface area is 263 Å². The fraction of sp³-hybridized carbons (Fsp3) is 0.711. The molecule has 4 fully saturated rings. The van der Waals surface area contributed by atoms with E-state index >= 15 is 0 Å². The van der Waals surface area contributed by atoms with Gasteiger partial charge in [-0.3, -0.25) is 14.4 Å². The minimum Gasteiger partial charge on any atom is -0.506 e. The Bertz CT molecular complexity index is 1430. The number of carbonyl (C=O) groups excluding carboxylic acids is 3. The van der Waals surface area contributed by atoms with E-state index in [1.54, 1.807) is 18.2 Å². The minimum atomic E-state index is -0.602. The molecule has 0 aromatic heterocycles. The largest absolute Gasteiger partial charge is 0.506 e. The van der Waals surface area contributed by atoms with Crippen LogP contribution in [0.15, 0.2) is 35.9 Å². The van der Waals surface area contributed by atoms with Gasteiger partial charge >= 0.3 is 5.97 Å². The number of nitrogens with one attached hydrogen (secondary N) is 1. The van der Waals surface area contributed by atoms with Crippen LogP contribution in [0.2, 0.25) is 0 Å². The molecule has 1 aromatic rings. The summed E-state index contributed by atoms with van der Waals surface area (Å²) in [6.07, 6.45) is 10.2. The van der Waals surface area contributed by atoms with Gasteiger partial charge in [-0.2, -0.15) is 0 Å². The standard InChI is InChI=1S/C38H53NO5/c1-23(40)44-30-14-15-36(6)29(33(30,2)3)13-16-38(8)31(36)28(42)21-24-25-22-35(5,18-17-34(25,4)19-20-37(24,38)7)32(43)39-26-11-9-10-12-27(26)41/h9-12,21,25,29-31,41H,13-20,22H2,1-8H3,(H,39,43)/t25-,29-,30-,31-,34-,35+,36+,37+,38-/m1/s1. The number of ether oxygens (including phenoxy) is 1. The lowest BCUT2D eigenvalue weighted by Gasteiger charge is -2.70. The van der Waals surface area contributed by atoms with Crippen molar-refractivity contribution in [2.45, 2.75) is 119 Å². The van der Waals surface area contributed by atoms with Crippen LogP contribution >= 0.6 is 0 Å². The Morgan fingerprint density at radius 2 is 1.59 bits per heavy atom. The summed E-state index contributed by atoms with van der Waals surface area (Å²) in [6, 6.07) is 6.90. The maximum absolute atomic E-state index is 14.6. The van der Waals surface area contributed by atoms with E-state index in [4.69, 9.17) is 4.74 Å². The maximum atomic E-state index is 14.6. The number of carbonyl (C=O) groups is 3. The minimum absolute atomic E-state index is 0.0503. The molecule has 6 heteroatoms. The Morgan fingerprint density at radius 1 is 0.909 bits per heavy atom. The lowest BCUT2D eigenvalue weighted by molar-refractivity contribution is -0.210. The lowest BCUT2D eigenvalue weighted by Crippen LogP contribution is -2.66. The number of benzene rings is 1. The Kier molecular flexibility index (Phi) is 7.08. The molecule has 0 heterocycles. The first-order valence-corrected chi connectivity index (χ1v) is 16.9. The van der Waals surface area contributed by atoms with Crippen LogP contribution < -0.4 is 5.32 Å². The van der Waals surface area contributed by atoms with Gasteiger partial charge in [0.05, 0.1) is 5.69 Å². The third kappa shape index (κ3) is 4.28. The molecule has 6 rings (SSSR count). The fourth-order valence-corrected chi connectivity index (χ4v) is 11.6. The number of hydrogen-bond donors (Lipinski definition) is 2. The van der Waals surface area contributed by atoms with Crippen LogP contribution in [0.4, 0.5) is 5.69 Å². The van der Waals surface area contributed by atoms with Crippen molar-refractivity contribution in [1.29, 1.82) is 0 Å². The van der Waals surface area contributed by atoms with E-state index in [1.807, 2.05) is 6.07 Å². The topological polar surface area (TPSA) is 92.7 Å². The third-order valence-corrected chi connectivity index (χ3v) is 14.5. The molecule has 44 heavy (non-hydrogen) atoms. The molecule has 0 bridgehead atoms. The van der Waals surface area contributed by atoms with Crippen LogP contribution in [0.3, 0.4) is 0 Å². The number of para-hydroxylation sites is 2. The van der Waals surface area contributed by atoms with E-state index < -0.39 is 5.41 Å². The van der Waals surface area contributed by atoms with Crippen LogP contribution in [0.5, 0.6) is 5.75 Å². The molecule has 9 atom stereocenters. The highest BCUT2D eigenvalue weighted by atomic mass is 16.5. The number of fused-ring (bicyclic) bond motifs is 7. The van der Waals surface area contributed by atoms with E-state index in [0.29, 0.717) is 18.0 Å². The molecule has 0 spiro atoms. The molecular formula is C38H53NO5. The van der Waals surface area contributed by atoms with Crippen LogP contribution in [0.1, 0.15) is 113 Å². The molecule has 0 radical (unpaired) electrons. The highest BCUT2D eigenvalue weighted by Crippen LogP contribution is 2.75. The summed E-state index contributed by atoms with van der Waals surface area (Å²) in [6.45, 7) is 17.7. The fourth-order valence-electron chi connectivity index (χ4n) is 11.6. The molecular weight excluding hydrogens is 550 g/mol. The smallest absolute Gasteiger partial charge is 0.302 e. The molecule has 0 unspecified atom stereocenters. The summed E-state index contributed by atoms with van der Waals surface area (Å²) in [4.78, 5) is 40.5. The lowest BCUT2D eigenvalue weighted by atomic mass is 9.33. The molecule has 5 aliphatic carbocycles. The maximum Gasteiger partial charge on any atom is 0.302 e. The van der Waals surface area contributed by atoms with Gasteiger partial charge in [0.25, 0.3) is 0 Å². The van der Waals surface area contributed by atoms with Crippen LogP contribution in [0.25, 0.3) is 0 Å². The molecule has 4 saturated carbocycles. The van der Waals surface area contributed by atoms with Gasteiger partial charge in [-0.1, -0.05) is 66.2 Å². The van der Waals surface area contributed by atoms with Gasteiger partial charge in [-0.05, 0) is 109 Å². The Hall–Kier alpha value is -2.63. The van der Waals surface area contributed by atoms with E-state index in [0.717, 1.165) is 51.4 Å². The van der Waals surface area contributed by atoms with Gasteiger partial charge in [-0.15, -0.1) is 0 Å². The number of rotatable bonds is 3. The predicted octanol–water partition coefficient (Wildman–Crippen LogP) is 8.24. The second kappa shape index (κ2) is 9.93. The number of esters is 1. The van der Waals surface area contributed by atoms with Crippen molar-refractivity contribution in [3.8, 4) is 5.75 Å². The molecule has 0 saturated heterocycles. The SMILES string of the molecule is CC(=O)O[C@@H]1CC[C@@]2(C)[C@H](CC[C@]3(C)[C@@H]2C(=O)C=C2[C@H]4C[C@@](C)(C(=O)Nc5ccccc5O)CC[C@]4(C)CC[C@@]23C)C1(C)C. The number of ketones is 1. The highest BCUT2D eigenvalue weighted by Gasteiger charge is 2.70. The normalized spacial score (nSPS) is 44.2. The first kappa shape index (κ1) is 31.4. The van der Waals surface area contributed by atoms with E-state index in [-0.39, 0.29) is 68.4 Å². The summed E-state index contributed by atoms with van der Waals surface area (Å²) in [5.74, 6) is 0.425. The number of anilines is 1. The van der Waals surface area contributed by atoms with Gasteiger partial charge in [0.15, 0.2) is 5.78 Å². The van der Waals surface area contributed by atoms with Gasteiger partial charge in [0.1, 0.15) is 11.9 Å². The quantitative estimate of drug-likeness (QED) is 0.268. The number of hydrogen-bond acceptors (Lipinski definition) is 5. The number of phenols is 1. The Balaban J connectivity index is 1.35. The van der Waals surface area contributed by atoms with Crippen molar-refractivity contribution >= 4 is 23.3 Å². The second-order valence-corrected chi connectivity index (χ2v) is 17.2.